The van der Waals surface area contributed by atoms with E-state index >= 15 is 0 Å². The van der Waals surface area contributed by atoms with E-state index in [1.165, 1.54) is 30.4 Å². The third-order valence-corrected chi connectivity index (χ3v) is 7.03. The van der Waals surface area contributed by atoms with Crippen molar-refractivity contribution in [2.45, 2.75) is 50.3 Å². The minimum absolute atomic E-state index is 0.0760. The topological polar surface area (TPSA) is 105 Å². The Bertz CT molecular complexity index is 951. The molecular weight excluding hydrogens is 434 g/mol. The van der Waals surface area contributed by atoms with E-state index < -0.39 is 27.2 Å². The molecule has 0 spiro atoms. The molecule has 0 atom stereocenters. The maximum atomic E-state index is 13.1. The van der Waals surface area contributed by atoms with Crippen LogP contribution in [0.5, 0.6) is 11.5 Å². The summed E-state index contributed by atoms with van der Waals surface area (Å²) in [6, 6.07) is 4.20. The van der Waals surface area contributed by atoms with Crippen LogP contribution in [-0.4, -0.2) is 61.1 Å². The summed E-state index contributed by atoms with van der Waals surface area (Å²) in [5.41, 5.74) is -0.467. The maximum absolute atomic E-state index is 13.1. The van der Waals surface area contributed by atoms with E-state index in [0.717, 1.165) is 0 Å². The number of likely N-dealkylation sites (tertiary alicyclic amines) is 1. The summed E-state index contributed by atoms with van der Waals surface area (Å²) in [6.07, 6.45) is -0.0111. The maximum Gasteiger partial charge on any atom is 0.586 e. The number of benzene rings is 1. The lowest BCUT2D eigenvalue weighted by molar-refractivity contribution is -0.286. The quantitative estimate of drug-likeness (QED) is 0.604. The van der Waals surface area contributed by atoms with Gasteiger partial charge in [0.25, 0.3) is 0 Å². The molecular formula is C20H26F2N2O6S. The van der Waals surface area contributed by atoms with E-state index in [0.29, 0.717) is 24.8 Å². The molecule has 2 aliphatic rings. The standard InChI is InChI=1S/C20H26F2N2O6S/c1-19(2,26)9-10-23-31(27,28)15-7-11-24(12-8-15)18(25)6-4-14-3-5-16-17(13-14)30-20(21,22)29-16/h3-6,13,15,23,26H,7-12H2,1-2H3/b6-4+. The summed E-state index contributed by atoms with van der Waals surface area (Å²) >= 11 is 0. The second-order valence-electron chi connectivity index (χ2n) is 8.23. The Kier molecular flexibility index (Phi) is 6.59. The minimum atomic E-state index is -3.70. The first-order valence-electron chi connectivity index (χ1n) is 9.92. The van der Waals surface area contributed by atoms with Crippen molar-refractivity contribution in [1.82, 2.24) is 9.62 Å². The molecule has 0 saturated carbocycles. The smallest absolute Gasteiger partial charge is 0.395 e. The Morgan fingerprint density at radius 2 is 1.94 bits per heavy atom. The Morgan fingerprint density at radius 3 is 2.58 bits per heavy atom. The highest BCUT2D eigenvalue weighted by atomic mass is 32.2. The number of nitrogens with one attached hydrogen (secondary N) is 1. The molecule has 0 radical (unpaired) electrons. The number of alkyl halides is 2. The SMILES string of the molecule is CC(C)(O)CCNS(=O)(=O)C1CCN(C(=O)/C=C/c2ccc3c(c2)OC(F)(F)O3)CC1. The molecule has 1 aromatic rings. The lowest BCUT2D eigenvalue weighted by Gasteiger charge is -2.31. The van der Waals surface area contributed by atoms with Gasteiger partial charge in [0.2, 0.25) is 15.9 Å². The van der Waals surface area contributed by atoms with Crippen LogP contribution in [0.2, 0.25) is 0 Å². The minimum Gasteiger partial charge on any atom is -0.395 e. The number of carbonyl (C=O) groups is 1. The van der Waals surface area contributed by atoms with Crippen molar-refractivity contribution in [3.8, 4) is 11.5 Å². The van der Waals surface area contributed by atoms with Gasteiger partial charge in [-0.1, -0.05) is 6.07 Å². The van der Waals surface area contributed by atoms with Gasteiger partial charge in [-0.05, 0) is 56.9 Å². The van der Waals surface area contributed by atoms with Crippen molar-refractivity contribution in [1.29, 1.82) is 0 Å². The zero-order valence-corrected chi connectivity index (χ0v) is 18.1. The Morgan fingerprint density at radius 1 is 1.29 bits per heavy atom. The largest absolute Gasteiger partial charge is 0.586 e. The van der Waals surface area contributed by atoms with Gasteiger partial charge in [-0.25, -0.2) is 13.1 Å². The molecule has 0 aromatic heterocycles. The summed E-state index contributed by atoms with van der Waals surface area (Å²) in [5, 5.41) is 9.09. The molecule has 1 fully saturated rings. The molecule has 8 nitrogen and oxygen atoms in total. The fourth-order valence-electron chi connectivity index (χ4n) is 3.35. The number of hydrogen-bond donors (Lipinski definition) is 2. The lowest BCUT2D eigenvalue weighted by atomic mass is 10.1. The molecule has 2 aliphatic heterocycles. The van der Waals surface area contributed by atoms with Gasteiger partial charge in [-0.2, -0.15) is 0 Å². The second-order valence-corrected chi connectivity index (χ2v) is 10.3. The zero-order chi connectivity index (χ0) is 22.9. The predicted octanol–water partition coefficient (Wildman–Crippen LogP) is 2.09. The first-order valence-corrected chi connectivity index (χ1v) is 11.5. The number of sulfonamides is 1. The average Bonchev–Trinajstić information content (AvgIpc) is 2.98. The van der Waals surface area contributed by atoms with Crippen molar-refractivity contribution >= 4 is 22.0 Å². The summed E-state index contributed by atoms with van der Waals surface area (Å²) in [4.78, 5) is 14.0. The fourth-order valence-corrected chi connectivity index (χ4v) is 4.80. The molecule has 0 bridgehead atoms. The third kappa shape index (κ3) is 6.37. The van der Waals surface area contributed by atoms with Gasteiger partial charge in [-0.3, -0.25) is 4.79 Å². The number of rotatable bonds is 7. The van der Waals surface area contributed by atoms with Crippen molar-refractivity contribution in [2.24, 2.45) is 0 Å². The molecule has 172 valence electrons. The molecule has 1 aromatic carbocycles. The number of piperidine rings is 1. The molecule has 3 rings (SSSR count). The van der Waals surface area contributed by atoms with Crippen molar-refractivity contribution in [3.63, 3.8) is 0 Å². The summed E-state index contributed by atoms with van der Waals surface area (Å²) in [6.45, 7) is 3.94. The van der Waals surface area contributed by atoms with Crippen LogP contribution in [0.3, 0.4) is 0 Å². The number of fused-ring (bicyclic) bond motifs is 1. The zero-order valence-electron chi connectivity index (χ0n) is 17.3. The highest BCUT2D eigenvalue weighted by Gasteiger charge is 2.43. The monoisotopic (exact) mass is 460 g/mol. The van der Waals surface area contributed by atoms with Gasteiger partial charge < -0.3 is 19.5 Å². The van der Waals surface area contributed by atoms with Gasteiger partial charge >= 0.3 is 6.29 Å². The van der Waals surface area contributed by atoms with Crippen molar-refractivity contribution in [2.75, 3.05) is 19.6 Å². The highest BCUT2D eigenvalue weighted by molar-refractivity contribution is 7.90. The number of hydrogen-bond acceptors (Lipinski definition) is 6. The lowest BCUT2D eigenvalue weighted by Crippen LogP contribution is -2.45. The Hall–Kier alpha value is -2.24. The van der Waals surface area contributed by atoms with E-state index in [9.17, 15) is 27.1 Å². The van der Waals surface area contributed by atoms with Crippen LogP contribution < -0.4 is 14.2 Å². The van der Waals surface area contributed by atoms with Gasteiger partial charge in [0, 0.05) is 25.7 Å². The summed E-state index contributed by atoms with van der Waals surface area (Å²) in [5.74, 6) is -0.482. The van der Waals surface area contributed by atoms with Gasteiger partial charge in [-0.15, -0.1) is 8.78 Å². The number of aliphatic hydroxyl groups is 1. The molecule has 1 saturated heterocycles. The molecule has 0 unspecified atom stereocenters. The van der Waals surface area contributed by atoms with Gasteiger partial charge in [0.1, 0.15) is 0 Å². The first-order chi connectivity index (χ1) is 14.3. The summed E-state index contributed by atoms with van der Waals surface area (Å²) in [7, 11) is -3.53. The number of ether oxygens (including phenoxy) is 2. The number of carbonyl (C=O) groups excluding carboxylic acids is 1. The molecule has 1 amide bonds. The number of halogens is 2. The number of nitrogens with zero attached hydrogens (tertiary/aromatic N) is 1. The highest BCUT2D eigenvalue weighted by Crippen LogP contribution is 2.41. The molecule has 0 aliphatic carbocycles. The van der Waals surface area contributed by atoms with Crippen LogP contribution in [-0.2, 0) is 14.8 Å². The molecule has 11 heteroatoms. The van der Waals surface area contributed by atoms with Crippen LogP contribution in [0, 0.1) is 0 Å². The average molecular weight is 460 g/mol. The van der Waals surface area contributed by atoms with E-state index in [-0.39, 0.29) is 37.0 Å². The normalized spacial score (nSPS) is 19.2. The van der Waals surface area contributed by atoms with Crippen LogP contribution in [0.4, 0.5) is 8.78 Å². The molecule has 2 N–H and O–H groups in total. The van der Waals surface area contributed by atoms with Crippen LogP contribution in [0.15, 0.2) is 24.3 Å². The van der Waals surface area contributed by atoms with Crippen molar-refractivity contribution < 1.29 is 36.6 Å². The second kappa shape index (κ2) is 8.71. The molecule has 2 heterocycles. The van der Waals surface area contributed by atoms with Gasteiger partial charge in [0.05, 0.1) is 10.9 Å². The van der Waals surface area contributed by atoms with Crippen LogP contribution >= 0.6 is 0 Å². The number of amides is 1. The van der Waals surface area contributed by atoms with Gasteiger partial charge in [0.15, 0.2) is 11.5 Å². The third-order valence-electron chi connectivity index (χ3n) is 5.08. The Balaban J connectivity index is 1.50. The van der Waals surface area contributed by atoms with E-state index in [1.54, 1.807) is 18.7 Å². The predicted molar refractivity (Wildman–Crippen MR) is 109 cm³/mol. The fraction of sp³-hybridized carbons (Fsp3) is 0.550. The summed E-state index contributed by atoms with van der Waals surface area (Å²) < 4.78 is 62.2. The van der Waals surface area contributed by atoms with Crippen molar-refractivity contribution in [3.05, 3.63) is 29.8 Å². The van der Waals surface area contributed by atoms with E-state index in [2.05, 4.69) is 14.2 Å². The van der Waals surface area contributed by atoms with Crippen LogP contribution in [0.1, 0.15) is 38.7 Å². The van der Waals surface area contributed by atoms with E-state index in [4.69, 9.17) is 0 Å². The molecule has 31 heavy (non-hydrogen) atoms. The first kappa shape index (κ1) is 23.4. The van der Waals surface area contributed by atoms with Crippen LogP contribution in [0.25, 0.3) is 6.08 Å². The Labute approximate surface area is 179 Å². The van der Waals surface area contributed by atoms with E-state index in [1.807, 2.05) is 0 Å².